The van der Waals surface area contributed by atoms with Gasteiger partial charge in [-0.05, 0) is 36.7 Å². The van der Waals surface area contributed by atoms with E-state index in [9.17, 15) is 13.2 Å². The zero-order valence-electron chi connectivity index (χ0n) is 14.0. The maximum Gasteiger partial charge on any atom is 0.416 e. The first-order valence-electron chi connectivity index (χ1n) is 7.27. The summed E-state index contributed by atoms with van der Waals surface area (Å²) in [6, 6.07) is 4.87. The number of rotatable bonds is 4. The molecular formula is C17H22F3O2Si. The van der Waals surface area contributed by atoms with Crippen LogP contribution in [0.2, 0.25) is 13.1 Å². The van der Waals surface area contributed by atoms with Crippen molar-refractivity contribution in [1.82, 2.24) is 0 Å². The SMILES string of the molecule is C[Si](C)OC#C[C@H](COc1cccc(C(F)(F)F)c1)C(C)(C)C. The lowest BCUT2D eigenvalue weighted by Crippen LogP contribution is -2.25. The maximum absolute atomic E-state index is 12.7. The van der Waals surface area contributed by atoms with Gasteiger partial charge in [0.15, 0.2) is 0 Å². The normalized spacial score (nSPS) is 13.3. The van der Waals surface area contributed by atoms with Crippen molar-refractivity contribution in [2.75, 3.05) is 6.61 Å². The van der Waals surface area contributed by atoms with Crippen molar-refractivity contribution >= 4 is 9.04 Å². The van der Waals surface area contributed by atoms with Gasteiger partial charge in [0.25, 0.3) is 9.04 Å². The number of hydrogen-bond donors (Lipinski definition) is 0. The number of benzene rings is 1. The molecule has 1 rings (SSSR count). The van der Waals surface area contributed by atoms with Crippen LogP contribution in [0, 0.1) is 23.4 Å². The van der Waals surface area contributed by atoms with Crippen LogP contribution in [0.1, 0.15) is 26.3 Å². The van der Waals surface area contributed by atoms with Gasteiger partial charge in [0.1, 0.15) is 12.4 Å². The van der Waals surface area contributed by atoms with Crippen molar-refractivity contribution in [2.45, 2.75) is 40.0 Å². The van der Waals surface area contributed by atoms with E-state index in [1.54, 1.807) is 0 Å². The van der Waals surface area contributed by atoms with Crippen LogP contribution in [0.3, 0.4) is 0 Å². The van der Waals surface area contributed by atoms with Crippen molar-refractivity contribution in [3.63, 3.8) is 0 Å². The van der Waals surface area contributed by atoms with Gasteiger partial charge < -0.3 is 9.16 Å². The molecule has 0 aliphatic heterocycles. The molecule has 2 nitrogen and oxygen atoms in total. The van der Waals surface area contributed by atoms with E-state index in [2.05, 4.69) is 12.0 Å². The van der Waals surface area contributed by atoms with E-state index in [1.807, 2.05) is 33.9 Å². The highest BCUT2D eigenvalue weighted by atomic mass is 28.3. The highest BCUT2D eigenvalue weighted by molar-refractivity contribution is 6.48. The zero-order valence-corrected chi connectivity index (χ0v) is 15.0. The molecule has 1 aromatic rings. The molecule has 0 bridgehead atoms. The van der Waals surface area contributed by atoms with E-state index < -0.39 is 20.8 Å². The molecule has 1 radical (unpaired) electrons. The van der Waals surface area contributed by atoms with E-state index in [0.29, 0.717) is 0 Å². The molecule has 0 saturated heterocycles. The molecular weight excluding hydrogens is 321 g/mol. The molecule has 0 aliphatic rings. The van der Waals surface area contributed by atoms with Crippen molar-refractivity contribution in [1.29, 1.82) is 0 Å². The average molecular weight is 343 g/mol. The van der Waals surface area contributed by atoms with Crippen LogP contribution in [0.25, 0.3) is 0 Å². The van der Waals surface area contributed by atoms with E-state index in [-0.39, 0.29) is 23.7 Å². The fraction of sp³-hybridized carbons (Fsp3) is 0.529. The Hall–Kier alpha value is -1.61. The Labute approximate surface area is 137 Å². The van der Waals surface area contributed by atoms with Crippen molar-refractivity contribution in [3.8, 4) is 17.8 Å². The number of ether oxygens (including phenoxy) is 1. The lowest BCUT2D eigenvalue weighted by molar-refractivity contribution is -0.137. The summed E-state index contributed by atoms with van der Waals surface area (Å²) in [5.41, 5.74) is -0.896. The van der Waals surface area contributed by atoms with Gasteiger partial charge >= 0.3 is 6.18 Å². The lowest BCUT2D eigenvalue weighted by atomic mass is 9.82. The Balaban J connectivity index is 2.80. The zero-order chi connectivity index (χ0) is 17.7. The highest BCUT2D eigenvalue weighted by Crippen LogP contribution is 2.32. The molecule has 0 unspecified atom stereocenters. The van der Waals surface area contributed by atoms with Gasteiger partial charge in [0.2, 0.25) is 0 Å². The molecule has 23 heavy (non-hydrogen) atoms. The molecule has 0 spiro atoms. The minimum absolute atomic E-state index is 0.154. The van der Waals surface area contributed by atoms with Crippen LogP contribution < -0.4 is 4.74 Å². The van der Waals surface area contributed by atoms with Crippen LogP contribution in [0.15, 0.2) is 24.3 Å². The van der Waals surface area contributed by atoms with Gasteiger partial charge in [-0.1, -0.05) is 32.8 Å². The largest absolute Gasteiger partial charge is 0.500 e. The summed E-state index contributed by atoms with van der Waals surface area (Å²) in [4.78, 5) is 0. The Bertz CT molecular complexity index is 566. The van der Waals surface area contributed by atoms with E-state index in [0.717, 1.165) is 12.1 Å². The smallest absolute Gasteiger partial charge is 0.416 e. The lowest BCUT2D eigenvalue weighted by Gasteiger charge is -2.26. The third-order valence-corrected chi connectivity index (χ3v) is 3.62. The predicted octanol–water partition coefficient (Wildman–Crippen LogP) is 4.98. The first kappa shape index (κ1) is 19.4. The second kappa shape index (κ2) is 7.78. The molecule has 0 saturated carbocycles. The molecule has 0 heterocycles. The van der Waals surface area contributed by atoms with Crippen LogP contribution in [0.4, 0.5) is 13.2 Å². The molecule has 0 N–H and O–H groups in total. The topological polar surface area (TPSA) is 18.5 Å². The third kappa shape index (κ3) is 7.00. The van der Waals surface area contributed by atoms with Gasteiger partial charge in [-0.2, -0.15) is 13.2 Å². The molecule has 0 fully saturated rings. The van der Waals surface area contributed by atoms with Crippen LogP contribution in [-0.2, 0) is 10.6 Å². The number of halogens is 3. The Morgan fingerprint density at radius 1 is 1.17 bits per heavy atom. The molecule has 1 aromatic carbocycles. The van der Waals surface area contributed by atoms with E-state index >= 15 is 0 Å². The van der Waals surface area contributed by atoms with Gasteiger partial charge in [0.05, 0.1) is 17.6 Å². The summed E-state index contributed by atoms with van der Waals surface area (Å²) >= 11 is 0. The molecule has 1 atom stereocenters. The van der Waals surface area contributed by atoms with Crippen LogP contribution >= 0.6 is 0 Å². The monoisotopic (exact) mass is 343 g/mol. The first-order valence-corrected chi connectivity index (χ1v) is 9.68. The van der Waals surface area contributed by atoms with Crippen molar-refractivity contribution in [2.24, 2.45) is 11.3 Å². The quantitative estimate of drug-likeness (QED) is 0.567. The molecule has 0 aliphatic carbocycles. The number of hydrogen-bond acceptors (Lipinski definition) is 2. The molecule has 0 aromatic heterocycles. The van der Waals surface area contributed by atoms with Crippen LogP contribution in [0.5, 0.6) is 5.75 Å². The highest BCUT2D eigenvalue weighted by Gasteiger charge is 2.31. The summed E-state index contributed by atoms with van der Waals surface area (Å²) in [5.74, 6) is 3.05. The van der Waals surface area contributed by atoms with Gasteiger partial charge in [0, 0.05) is 0 Å². The Morgan fingerprint density at radius 2 is 1.83 bits per heavy atom. The minimum Gasteiger partial charge on any atom is -0.500 e. The standard InChI is InChI=1S/C17H22F3O2Si/c1-16(2,3)14(9-10-22-23(4)5)12-21-15-8-6-7-13(11-15)17(18,19)20/h6-8,11,14H,12H2,1-5H3/t14-/m1/s1. The van der Waals surface area contributed by atoms with E-state index in [1.165, 1.54) is 12.1 Å². The second-order valence-electron chi connectivity index (χ2n) is 6.51. The predicted molar refractivity (Wildman–Crippen MR) is 86.2 cm³/mol. The first-order chi connectivity index (χ1) is 10.5. The summed E-state index contributed by atoms with van der Waals surface area (Å²) in [6.07, 6.45) is -1.68. The second-order valence-corrected chi connectivity index (χ2v) is 8.53. The summed E-state index contributed by atoms with van der Waals surface area (Å²) in [5, 5.41) is 0. The Kier molecular flexibility index (Phi) is 6.57. The summed E-state index contributed by atoms with van der Waals surface area (Å²) in [7, 11) is -0.903. The third-order valence-electron chi connectivity index (χ3n) is 3.11. The summed E-state index contributed by atoms with van der Waals surface area (Å²) in [6.45, 7) is 10.2. The molecule has 127 valence electrons. The van der Waals surface area contributed by atoms with Crippen LogP contribution in [-0.4, -0.2) is 15.6 Å². The van der Waals surface area contributed by atoms with E-state index in [4.69, 9.17) is 9.16 Å². The Morgan fingerprint density at radius 3 is 2.35 bits per heavy atom. The van der Waals surface area contributed by atoms with Gasteiger partial charge in [-0.25, -0.2) is 0 Å². The van der Waals surface area contributed by atoms with Gasteiger partial charge in [-0.3, -0.25) is 0 Å². The maximum atomic E-state index is 12.7. The minimum atomic E-state index is -4.38. The molecule has 0 amide bonds. The van der Waals surface area contributed by atoms with Crippen molar-refractivity contribution < 1.29 is 22.3 Å². The fourth-order valence-electron chi connectivity index (χ4n) is 1.65. The number of alkyl halides is 3. The fourth-order valence-corrected chi connectivity index (χ4v) is 1.92. The van der Waals surface area contributed by atoms with Gasteiger partial charge in [-0.15, -0.1) is 0 Å². The molecule has 6 heteroatoms. The average Bonchev–Trinajstić information content (AvgIpc) is 2.40. The summed E-state index contributed by atoms with van der Waals surface area (Å²) < 4.78 is 49.0. The van der Waals surface area contributed by atoms with Crippen molar-refractivity contribution in [3.05, 3.63) is 29.8 Å².